The number of hydrogen-bond donors (Lipinski definition) is 2. The summed E-state index contributed by atoms with van der Waals surface area (Å²) in [6.45, 7) is 18.7. The smallest absolute Gasteiger partial charge is 0.317 e. The fourth-order valence-electron chi connectivity index (χ4n) is 10.5. The average Bonchev–Trinajstić information content (AvgIpc) is 3.22. The third kappa shape index (κ3) is 5.45. The van der Waals surface area contributed by atoms with Crippen LogP contribution in [-0.2, 0) is 28.7 Å². The van der Waals surface area contributed by atoms with Gasteiger partial charge in [0.05, 0.1) is 18.6 Å². The highest BCUT2D eigenvalue weighted by Gasteiger charge is 2.66. The number of aliphatic carboxylic acids is 1. The van der Waals surface area contributed by atoms with Gasteiger partial charge in [-0.3, -0.25) is 19.2 Å². The van der Waals surface area contributed by atoms with Crippen LogP contribution in [0.4, 0.5) is 0 Å². The molecule has 0 amide bonds. The summed E-state index contributed by atoms with van der Waals surface area (Å²) in [4.78, 5) is 49.2. The van der Waals surface area contributed by atoms with Gasteiger partial charge in [0.15, 0.2) is 0 Å². The van der Waals surface area contributed by atoms with Gasteiger partial charge in [-0.05, 0) is 80.5 Å². The predicted octanol–water partition coefficient (Wildman–Crippen LogP) is 6.52. The number of aliphatic hydroxyl groups is 1. The molecule has 0 spiro atoms. The molecule has 0 aromatic rings. The minimum absolute atomic E-state index is 0.00947. The van der Waals surface area contributed by atoms with Crippen LogP contribution in [0.5, 0.6) is 0 Å². The lowest BCUT2D eigenvalue weighted by Crippen LogP contribution is -2.58. The Morgan fingerprint density at radius 2 is 1.57 bits per heavy atom. The Hall–Kier alpha value is -2.22. The van der Waals surface area contributed by atoms with Crippen LogP contribution in [0.1, 0.15) is 120 Å². The average molecular weight is 617 g/mol. The zero-order valence-corrected chi connectivity index (χ0v) is 28.5. The van der Waals surface area contributed by atoms with Gasteiger partial charge in [0.1, 0.15) is 18.3 Å². The number of ketones is 1. The first kappa shape index (κ1) is 34.6. The molecule has 0 aliphatic heterocycles. The number of esters is 2. The number of hydrogen-bond acceptors (Lipinski definition) is 7. The van der Waals surface area contributed by atoms with Crippen molar-refractivity contribution in [1.29, 1.82) is 0 Å². The number of carboxylic acids is 1. The lowest BCUT2D eigenvalue weighted by atomic mass is 9.42. The van der Waals surface area contributed by atoms with Gasteiger partial charge in [-0.15, -0.1) is 0 Å². The second-order valence-corrected chi connectivity index (χ2v) is 15.8. The maximum absolute atomic E-state index is 13.2. The standard InChI is InChI=1S/C36H56O8/c1-10-43-30(39)19-31(40)44-29-14-15-34(7)25-18-28(38)36(9)23(20(2)17-26(37)21(3)22(4)32(41)42)13-16-35(36,8)24(25)11-12-27(34)33(29,5)6/h20-23,27-29,38H,10-19H2,1-9H3,(H,41,42)/t20-,21+,22+,23-,27+,28-,29-,34-,35+,36+/m1/s1. The molecule has 0 heterocycles. The molecule has 8 nitrogen and oxygen atoms in total. The molecule has 0 saturated heterocycles. The summed E-state index contributed by atoms with van der Waals surface area (Å²) in [6.07, 6.45) is 5.08. The van der Waals surface area contributed by atoms with Gasteiger partial charge in [0.2, 0.25) is 0 Å². The molecule has 4 aliphatic carbocycles. The van der Waals surface area contributed by atoms with E-state index in [9.17, 15) is 29.4 Å². The maximum Gasteiger partial charge on any atom is 0.317 e. The third-order valence-electron chi connectivity index (χ3n) is 13.6. The summed E-state index contributed by atoms with van der Waals surface area (Å²) >= 11 is 0. The van der Waals surface area contributed by atoms with Crippen LogP contribution in [0.2, 0.25) is 0 Å². The second kappa shape index (κ2) is 12.2. The number of aliphatic hydroxyl groups excluding tert-OH is 1. The van der Waals surface area contributed by atoms with E-state index in [2.05, 4.69) is 41.5 Å². The van der Waals surface area contributed by atoms with Crippen LogP contribution < -0.4 is 0 Å². The molecule has 8 heteroatoms. The van der Waals surface area contributed by atoms with E-state index in [-0.39, 0.29) is 64.3 Å². The Morgan fingerprint density at radius 3 is 2.18 bits per heavy atom. The summed E-state index contributed by atoms with van der Waals surface area (Å²) in [5, 5.41) is 21.5. The van der Waals surface area contributed by atoms with E-state index in [0.29, 0.717) is 19.3 Å². The van der Waals surface area contributed by atoms with Crippen molar-refractivity contribution in [2.75, 3.05) is 6.61 Å². The highest BCUT2D eigenvalue weighted by molar-refractivity contribution is 5.91. The van der Waals surface area contributed by atoms with Crippen LogP contribution in [-0.4, -0.2) is 52.7 Å². The van der Waals surface area contributed by atoms with Gasteiger partial charge in [0.25, 0.3) is 0 Å². The molecule has 0 aromatic heterocycles. The number of allylic oxidation sites excluding steroid dienone is 1. The largest absolute Gasteiger partial charge is 0.481 e. The lowest BCUT2D eigenvalue weighted by molar-refractivity contribution is -0.174. The van der Waals surface area contributed by atoms with Crippen molar-refractivity contribution in [3.8, 4) is 0 Å². The first-order chi connectivity index (χ1) is 20.4. The van der Waals surface area contributed by atoms with Gasteiger partial charge in [-0.2, -0.15) is 0 Å². The second-order valence-electron chi connectivity index (χ2n) is 15.8. The van der Waals surface area contributed by atoms with Crippen LogP contribution in [0.25, 0.3) is 0 Å². The molecule has 0 bridgehead atoms. The van der Waals surface area contributed by atoms with E-state index in [0.717, 1.165) is 32.1 Å². The van der Waals surface area contributed by atoms with Gasteiger partial charge in [-0.25, -0.2) is 0 Å². The Morgan fingerprint density at radius 1 is 0.909 bits per heavy atom. The molecule has 2 fully saturated rings. The van der Waals surface area contributed by atoms with Crippen LogP contribution >= 0.6 is 0 Å². The number of fused-ring (bicyclic) bond motifs is 4. The predicted molar refractivity (Wildman–Crippen MR) is 166 cm³/mol. The molecular weight excluding hydrogens is 560 g/mol. The van der Waals surface area contributed by atoms with E-state index in [1.807, 2.05) is 0 Å². The van der Waals surface area contributed by atoms with Gasteiger partial charge in [0, 0.05) is 23.2 Å². The fourth-order valence-corrected chi connectivity index (χ4v) is 10.5. The van der Waals surface area contributed by atoms with E-state index < -0.39 is 35.8 Å². The number of carboxylic acid groups (broad SMARTS) is 1. The highest BCUT2D eigenvalue weighted by atomic mass is 16.6. The normalized spacial score (nSPS) is 38.0. The van der Waals surface area contributed by atoms with Crippen LogP contribution in [0, 0.1) is 51.2 Å². The Labute approximate surface area is 263 Å². The van der Waals surface area contributed by atoms with Gasteiger partial charge >= 0.3 is 17.9 Å². The van der Waals surface area contributed by atoms with Gasteiger partial charge in [-0.1, -0.05) is 66.5 Å². The van der Waals surface area contributed by atoms with Gasteiger partial charge < -0.3 is 19.7 Å². The summed E-state index contributed by atoms with van der Waals surface area (Å²) in [5.74, 6) is -2.86. The highest BCUT2D eigenvalue weighted by Crippen LogP contribution is 2.72. The van der Waals surface area contributed by atoms with E-state index in [1.165, 1.54) is 11.1 Å². The topological polar surface area (TPSA) is 127 Å². The molecule has 2 N–H and O–H groups in total. The lowest BCUT2D eigenvalue weighted by Gasteiger charge is -2.63. The Kier molecular flexibility index (Phi) is 9.59. The molecule has 10 atom stereocenters. The number of ether oxygens (including phenoxy) is 2. The molecule has 0 aromatic carbocycles. The fraction of sp³-hybridized carbons (Fsp3) is 0.833. The van der Waals surface area contributed by atoms with E-state index in [1.54, 1.807) is 20.8 Å². The first-order valence-corrected chi connectivity index (χ1v) is 16.9. The van der Waals surface area contributed by atoms with Crippen molar-refractivity contribution in [2.24, 2.45) is 51.2 Å². The van der Waals surface area contributed by atoms with Crippen molar-refractivity contribution < 1.29 is 38.9 Å². The van der Waals surface area contributed by atoms with Crippen molar-refractivity contribution in [3.05, 3.63) is 11.1 Å². The molecular formula is C36H56O8. The summed E-state index contributed by atoms with van der Waals surface area (Å²) in [7, 11) is 0. The number of carbonyl (C=O) groups excluding carboxylic acids is 3. The minimum Gasteiger partial charge on any atom is -0.481 e. The summed E-state index contributed by atoms with van der Waals surface area (Å²) in [6, 6.07) is 0. The molecule has 0 radical (unpaired) electrons. The monoisotopic (exact) mass is 616 g/mol. The molecule has 44 heavy (non-hydrogen) atoms. The number of carbonyl (C=O) groups is 4. The first-order valence-electron chi connectivity index (χ1n) is 16.9. The number of rotatable bonds is 10. The van der Waals surface area contributed by atoms with Crippen molar-refractivity contribution in [1.82, 2.24) is 0 Å². The van der Waals surface area contributed by atoms with Crippen molar-refractivity contribution >= 4 is 23.7 Å². The quantitative estimate of drug-likeness (QED) is 0.161. The zero-order chi connectivity index (χ0) is 33.0. The van der Waals surface area contributed by atoms with E-state index >= 15 is 0 Å². The Balaban J connectivity index is 1.57. The molecule has 4 aliphatic rings. The van der Waals surface area contributed by atoms with Crippen LogP contribution in [0.3, 0.4) is 0 Å². The summed E-state index contributed by atoms with van der Waals surface area (Å²) in [5.41, 5.74) is 1.87. The van der Waals surface area contributed by atoms with Crippen molar-refractivity contribution in [2.45, 2.75) is 132 Å². The van der Waals surface area contributed by atoms with E-state index in [4.69, 9.17) is 9.47 Å². The minimum atomic E-state index is -0.947. The molecule has 4 rings (SSSR count). The maximum atomic E-state index is 13.2. The van der Waals surface area contributed by atoms with Crippen LogP contribution in [0.15, 0.2) is 11.1 Å². The SMILES string of the molecule is CCOC(=O)CC(=O)O[C@@H]1CC[C@]2(C)C3=C(CC[C@H]2C1(C)C)[C@]1(C)CC[C@H]([C@H](C)CC(=O)[C@@H](C)[C@H](C)C(=O)O)[C@@]1(C)[C@H](O)C3. The van der Waals surface area contributed by atoms with Crippen molar-refractivity contribution in [3.63, 3.8) is 0 Å². The Bertz CT molecular complexity index is 1200. The summed E-state index contributed by atoms with van der Waals surface area (Å²) < 4.78 is 10.9. The molecule has 0 unspecified atom stereocenters. The molecule has 248 valence electrons. The third-order valence-corrected chi connectivity index (χ3v) is 13.6. The zero-order valence-electron chi connectivity index (χ0n) is 28.5. The molecule has 2 saturated carbocycles. The number of Topliss-reactive ketones (excluding diaryl/α,β-unsaturated/α-hetero) is 1.